The van der Waals surface area contributed by atoms with Gasteiger partial charge in [0, 0.05) is 38.2 Å². The van der Waals surface area contributed by atoms with Gasteiger partial charge in [-0.15, -0.1) is 11.3 Å². The van der Waals surface area contributed by atoms with E-state index in [9.17, 15) is 9.59 Å². The number of carbonyl (C=O) groups excluding carboxylic acids is 2. The molecular weight excluding hydrogens is 316 g/mol. The molecule has 0 unspecified atom stereocenters. The number of rotatable bonds is 3. The Morgan fingerprint density at radius 2 is 2.09 bits per heavy atom. The number of aryl methyl sites for hydroxylation is 1. The number of thiazole rings is 1. The van der Waals surface area contributed by atoms with Crippen molar-refractivity contribution in [2.24, 2.45) is 0 Å². The predicted octanol–water partition coefficient (Wildman–Crippen LogP) is 2.42. The lowest BCUT2D eigenvalue weighted by Crippen LogP contribution is -2.38. The molecule has 1 aliphatic heterocycles. The molecule has 23 heavy (non-hydrogen) atoms. The molecule has 122 valence electrons. The maximum absolute atomic E-state index is 12.3. The van der Waals surface area contributed by atoms with Crippen LogP contribution >= 0.6 is 11.3 Å². The van der Waals surface area contributed by atoms with E-state index in [4.69, 9.17) is 4.42 Å². The molecule has 8 heteroatoms. The van der Waals surface area contributed by atoms with Crippen molar-refractivity contribution in [2.45, 2.75) is 32.6 Å². The van der Waals surface area contributed by atoms with E-state index in [2.05, 4.69) is 15.3 Å². The minimum Gasteiger partial charge on any atom is -0.448 e. The first-order chi connectivity index (χ1) is 11.0. The summed E-state index contributed by atoms with van der Waals surface area (Å²) in [6.07, 6.45) is 3.11. The van der Waals surface area contributed by atoms with Crippen molar-refractivity contribution in [3.8, 4) is 0 Å². The first-order valence-electron chi connectivity index (χ1n) is 7.47. The van der Waals surface area contributed by atoms with Crippen molar-refractivity contribution in [1.82, 2.24) is 14.9 Å². The highest BCUT2D eigenvalue weighted by atomic mass is 32.1. The standard InChI is InChI=1S/C15H18N4O3S/c1-9(20)16-15-18-13(8-23-15)11-3-5-19(6-4-11)14(21)12-7-22-10(2)17-12/h7-8,11H,3-6H2,1-2H3,(H,16,18,20). The van der Waals surface area contributed by atoms with E-state index in [-0.39, 0.29) is 11.8 Å². The van der Waals surface area contributed by atoms with Crippen molar-refractivity contribution >= 4 is 28.3 Å². The molecular formula is C15H18N4O3S. The summed E-state index contributed by atoms with van der Waals surface area (Å²) in [4.78, 5) is 33.7. The fourth-order valence-electron chi connectivity index (χ4n) is 2.68. The number of nitrogens with one attached hydrogen (secondary N) is 1. The smallest absolute Gasteiger partial charge is 0.275 e. The molecule has 2 amide bonds. The van der Waals surface area contributed by atoms with Crippen LogP contribution in [-0.2, 0) is 4.79 Å². The van der Waals surface area contributed by atoms with Crippen LogP contribution in [0.15, 0.2) is 16.1 Å². The molecule has 1 saturated heterocycles. The molecule has 7 nitrogen and oxygen atoms in total. The monoisotopic (exact) mass is 334 g/mol. The highest BCUT2D eigenvalue weighted by Crippen LogP contribution is 2.30. The molecule has 0 aliphatic carbocycles. The van der Waals surface area contributed by atoms with Crippen LogP contribution in [0.4, 0.5) is 5.13 Å². The third kappa shape index (κ3) is 3.58. The number of likely N-dealkylation sites (tertiary alicyclic amines) is 1. The highest BCUT2D eigenvalue weighted by Gasteiger charge is 2.27. The van der Waals surface area contributed by atoms with Crippen molar-refractivity contribution in [3.05, 3.63) is 28.9 Å². The fraction of sp³-hybridized carbons (Fsp3) is 0.467. The van der Waals surface area contributed by atoms with Crippen LogP contribution in [0.1, 0.15) is 47.8 Å². The summed E-state index contributed by atoms with van der Waals surface area (Å²) in [5, 5.41) is 5.31. The van der Waals surface area contributed by atoms with Crippen LogP contribution in [-0.4, -0.2) is 39.8 Å². The van der Waals surface area contributed by atoms with Gasteiger partial charge in [0.2, 0.25) is 5.91 Å². The molecule has 0 aromatic carbocycles. The second kappa shape index (κ2) is 6.49. The zero-order chi connectivity index (χ0) is 16.4. The van der Waals surface area contributed by atoms with Crippen LogP contribution in [0.25, 0.3) is 0 Å². The quantitative estimate of drug-likeness (QED) is 0.931. The number of amides is 2. The van der Waals surface area contributed by atoms with Gasteiger partial charge in [0.05, 0.1) is 5.69 Å². The average Bonchev–Trinajstić information content (AvgIpc) is 3.15. The van der Waals surface area contributed by atoms with Gasteiger partial charge in [0.25, 0.3) is 5.91 Å². The second-order valence-electron chi connectivity index (χ2n) is 5.58. The second-order valence-corrected chi connectivity index (χ2v) is 6.44. The van der Waals surface area contributed by atoms with Gasteiger partial charge in [0.15, 0.2) is 16.7 Å². The third-order valence-corrected chi connectivity index (χ3v) is 4.62. The Hall–Kier alpha value is -2.22. The normalized spacial score (nSPS) is 15.7. The molecule has 0 radical (unpaired) electrons. The zero-order valence-electron chi connectivity index (χ0n) is 13.0. The number of oxazole rings is 1. The lowest BCUT2D eigenvalue weighted by Gasteiger charge is -2.30. The Balaban J connectivity index is 1.59. The molecule has 1 aliphatic rings. The summed E-state index contributed by atoms with van der Waals surface area (Å²) in [7, 11) is 0. The molecule has 0 spiro atoms. The van der Waals surface area contributed by atoms with Gasteiger partial charge in [-0.25, -0.2) is 9.97 Å². The summed E-state index contributed by atoms with van der Waals surface area (Å²) >= 11 is 1.43. The lowest BCUT2D eigenvalue weighted by atomic mass is 9.94. The molecule has 0 atom stereocenters. The molecule has 0 saturated carbocycles. The number of hydrogen-bond acceptors (Lipinski definition) is 6. The Morgan fingerprint density at radius 3 is 2.70 bits per heavy atom. The Bertz CT molecular complexity index is 716. The van der Waals surface area contributed by atoms with Crippen LogP contribution in [0.5, 0.6) is 0 Å². The summed E-state index contributed by atoms with van der Waals surface area (Å²) in [6, 6.07) is 0. The van der Waals surface area contributed by atoms with Gasteiger partial charge in [-0.05, 0) is 12.8 Å². The summed E-state index contributed by atoms with van der Waals surface area (Å²) < 4.78 is 5.10. The van der Waals surface area contributed by atoms with E-state index in [1.54, 1.807) is 11.8 Å². The SMILES string of the molecule is CC(=O)Nc1nc(C2CCN(C(=O)c3coc(C)n3)CC2)cs1. The Kier molecular flexibility index (Phi) is 4.42. The topological polar surface area (TPSA) is 88.3 Å². The number of piperidine rings is 1. The molecule has 1 N–H and O–H groups in total. The van der Waals surface area contributed by atoms with Crippen molar-refractivity contribution in [3.63, 3.8) is 0 Å². The van der Waals surface area contributed by atoms with Crippen molar-refractivity contribution in [1.29, 1.82) is 0 Å². The first-order valence-corrected chi connectivity index (χ1v) is 8.35. The molecule has 1 fully saturated rings. The first kappa shape index (κ1) is 15.7. The van der Waals surface area contributed by atoms with Gasteiger partial charge in [-0.2, -0.15) is 0 Å². The highest BCUT2D eigenvalue weighted by molar-refractivity contribution is 7.13. The maximum atomic E-state index is 12.3. The number of anilines is 1. The van der Waals surface area contributed by atoms with Crippen LogP contribution in [0.2, 0.25) is 0 Å². The molecule has 2 aromatic rings. The van der Waals surface area contributed by atoms with Crippen molar-refractivity contribution in [2.75, 3.05) is 18.4 Å². The van der Waals surface area contributed by atoms with E-state index < -0.39 is 0 Å². The third-order valence-electron chi connectivity index (χ3n) is 3.84. The Labute approximate surface area is 137 Å². The zero-order valence-corrected chi connectivity index (χ0v) is 13.9. The van der Waals surface area contributed by atoms with Gasteiger partial charge in [-0.1, -0.05) is 0 Å². The number of carbonyl (C=O) groups is 2. The van der Waals surface area contributed by atoms with Crippen LogP contribution in [0, 0.1) is 6.92 Å². The molecule has 3 rings (SSSR count). The molecule has 0 bridgehead atoms. The van der Waals surface area contributed by atoms with E-state index >= 15 is 0 Å². The predicted molar refractivity (Wildman–Crippen MR) is 85.5 cm³/mol. The fourth-order valence-corrected chi connectivity index (χ4v) is 3.52. The van der Waals surface area contributed by atoms with E-state index in [1.165, 1.54) is 24.5 Å². The molecule has 3 heterocycles. The summed E-state index contributed by atoms with van der Waals surface area (Å²) in [6.45, 7) is 4.53. The average molecular weight is 334 g/mol. The van der Waals surface area contributed by atoms with E-state index in [0.29, 0.717) is 35.7 Å². The largest absolute Gasteiger partial charge is 0.448 e. The maximum Gasteiger partial charge on any atom is 0.275 e. The van der Waals surface area contributed by atoms with Crippen molar-refractivity contribution < 1.29 is 14.0 Å². The summed E-state index contributed by atoms with van der Waals surface area (Å²) in [5.41, 5.74) is 1.35. The van der Waals surface area contributed by atoms with Crippen LogP contribution < -0.4 is 5.32 Å². The minimum atomic E-state index is -0.116. The van der Waals surface area contributed by atoms with Crippen LogP contribution in [0.3, 0.4) is 0 Å². The van der Waals surface area contributed by atoms with Gasteiger partial charge < -0.3 is 14.6 Å². The lowest BCUT2D eigenvalue weighted by molar-refractivity contribution is -0.114. The number of hydrogen-bond donors (Lipinski definition) is 1. The molecule has 2 aromatic heterocycles. The van der Waals surface area contributed by atoms with Gasteiger partial charge in [0.1, 0.15) is 6.26 Å². The number of nitrogens with zero attached hydrogens (tertiary/aromatic N) is 3. The van der Waals surface area contributed by atoms with E-state index in [1.807, 2.05) is 5.38 Å². The Morgan fingerprint density at radius 1 is 1.35 bits per heavy atom. The van der Waals surface area contributed by atoms with Gasteiger partial charge >= 0.3 is 0 Å². The summed E-state index contributed by atoms with van der Waals surface area (Å²) in [5.74, 6) is 0.611. The number of aromatic nitrogens is 2. The van der Waals surface area contributed by atoms with E-state index in [0.717, 1.165) is 18.5 Å². The minimum absolute atomic E-state index is 0.0856. The van der Waals surface area contributed by atoms with Gasteiger partial charge in [-0.3, -0.25) is 9.59 Å².